The third kappa shape index (κ3) is 5.27. The van der Waals surface area contributed by atoms with Gasteiger partial charge in [-0.15, -0.1) is 0 Å². The fourth-order valence-corrected chi connectivity index (χ4v) is 2.33. The molecule has 0 saturated carbocycles. The Bertz CT molecular complexity index is 639. The lowest BCUT2D eigenvalue weighted by Crippen LogP contribution is -2.49. The van der Waals surface area contributed by atoms with Crippen LogP contribution in [0.1, 0.15) is 41.0 Å². The summed E-state index contributed by atoms with van der Waals surface area (Å²) in [7, 11) is 0. The third-order valence-electron chi connectivity index (χ3n) is 3.81. The second-order valence-corrected chi connectivity index (χ2v) is 7.07. The Kier molecular flexibility index (Phi) is 5.77. The van der Waals surface area contributed by atoms with Crippen LogP contribution in [0.2, 0.25) is 0 Å². The zero-order chi connectivity index (χ0) is 18.6. The molecule has 1 aromatic carbocycles. The first-order chi connectivity index (χ1) is 11.7. The van der Waals surface area contributed by atoms with Crippen molar-refractivity contribution in [2.75, 3.05) is 12.1 Å². The smallest absolute Gasteiger partial charge is 0.408 e. The molecule has 2 atom stereocenters. The van der Waals surface area contributed by atoms with Gasteiger partial charge in [-0.1, -0.05) is 20.3 Å². The van der Waals surface area contributed by atoms with E-state index in [1.54, 1.807) is 39.0 Å². The van der Waals surface area contributed by atoms with Crippen molar-refractivity contribution in [3.05, 3.63) is 18.2 Å². The minimum atomic E-state index is -0.703. The van der Waals surface area contributed by atoms with Crippen molar-refractivity contribution >= 4 is 17.7 Å². The number of nitrogens with one attached hydrogen (secondary N) is 2. The molecule has 0 fully saturated rings. The van der Waals surface area contributed by atoms with Gasteiger partial charge in [0, 0.05) is 11.8 Å². The molecule has 1 heterocycles. The van der Waals surface area contributed by atoms with E-state index in [9.17, 15) is 9.59 Å². The van der Waals surface area contributed by atoms with Crippen LogP contribution in [0, 0.1) is 5.92 Å². The van der Waals surface area contributed by atoms with Gasteiger partial charge in [0.2, 0.25) is 12.7 Å². The summed E-state index contributed by atoms with van der Waals surface area (Å²) in [6.45, 7) is 9.36. The number of carbonyl (C=O) groups is 2. The summed E-state index contributed by atoms with van der Waals surface area (Å²) in [5, 5.41) is 5.48. The lowest BCUT2D eigenvalue weighted by Gasteiger charge is -2.26. The Morgan fingerprint density at radius 3 is 2.56 bits per heavy atom. The number of benzene rings is 1. The van der Waals surface area contributed by atoms with Crippen molar-refractivity contribution in [1.29, 1.82) is 0 Å². The zero-order valence-corrected chi connectivity index (χ0v) is 15.3. The molecule has 0 saturated heterocycles. The quantitative estimate of drug-likeness (QED) is 0.851. The molecule has 0 spiro atoms. The molecule has 1 aromatic rings. The summed E-state index contributed by atoms with van der Waals surface area (Å²) in [6, 6.07) is 4.45. The summed E-state index contributed by atoms with van der Waals surface area (Å²) in [5.41, 5.74) is -0.0497. The second kappa shape index (κ2) is 7.63. The molecule has 1 aliphatic heterocycles. The van der Waals surface area contributed by atoms with Crippen LogP contribution in [0.25, 0.3) is 0 Å². The van der Waals surface area contributed by atoms with Gasteiger partial charge < -0.3 is 24.8 Å². The third-order valence-corrected chi connectivity index (χ3v) is 3.81. The first-order valence-corrected chi connectivity index (χ1v) is 8.39. The summed E-state index contributed by atoms with van der Waals surface area (Å²) in [4.78, 5) is 24.7. The maximum atomic E-state index is 12.7. The molecule has 0 aromatic heterocycles. The minimum Gasteiger partial charge on any atom is -0.454 e. The molecule has 2 amide bonds. The summed E-state index contributed by atoms with van der Waals surface area (Å²) in [6.07, 6.45) is 0.119. The lowest BCUT2D eigenvalue weighted by molar-refractivity contribution is -0.119. The summed E-state index contributed by atoms with van der Waals surface area (Å²) >= 11 is 0. The number of amides is 2. The Hall–Kier alpha value is -2.44. The number of hydrogen-bond acceptors (Lipinski definition) is 5. The summed E-state index contributed by atoms with van der Waals surface area (Å²) in [5.74, 6) is 0.863. The molecule has 1 aliphatic rings. The van der Waals surface area contributed by atoms with Gasteiger partial charge in [0.25, 0.3) is 0 Å². The van der Waals surface area contributed by atoms with Gasteiger partial charge in [0.05, 0.1) is 0 Å². The Labute approximate surface area is 148 Å². The molecular weight excluding hydrogens is 324 g/mol. The van der Waals surface area contributed by atoms with Gasteiger partial charge in [-0.3, -0.25) is 4.79 Å². The van der Waals surface area contributed by atoms with E-state index in [1.165, 1.54) is 0 Å². The minimum absolute atomic E-state index is 0.0541. The lowest BCUT2D eigenvalue weighted by atomic mass is 9.98. The number of ether oxygens (including phenoxy) is 3. The highest BCUT2D eigenvalue weighted by Gasteiger charge is 2.28. The van der Waals surface area contributed by atoms with Gasteiger partial charge in [-0.2, -0.15) is 0 Å². The van der Waals surface area contributed by atoms with Gasteiger partial charge in [-0.25, -0.2) is 4.79 Å². The zero-order valence-electron chi connectivity index (χ0n) is 15.3. The van der Waals surface area contributed by atoms with E-state index in [4.69, 9.17) is 14.2 Å². The predicted molar refractivity (Wildman–Crippen MR) is 93.8 cm³/mol. The fourth-order valence-electron chi connectivity index (χ4n) is 2.33. The molecule has 25 heavy (non-hydrogen) atoms. The molecular formula is C18H26N2O5. The van der Waals surface area contributed by atoms with Crippen molar-refractivity contribution in [1.82, 2.24) is 5.32 Å². The van der Waals surface area contributed by atoms with Crippen LogP contribution < -0.4 is 20.1 Å². The van der Waals surface area contributed by atoms with E-state index >= 15 is 0 Å². The monoisotopic (exact) mass is 350 g/mol. The van der Waals surface area contributed by atoms with E-state index < -0.39 is 17.7 Å². The van der Waals surface area contributed by atoms with E-state index in [0.29, 0.717) is 17.2 Å². The number of hydrogen-bond donors (Lipinski definition) is 2. The fraction of sp³-hybridized carbons (Fsp3) is 0.556. The molecule has 138 valence electrons. The average molecular weight is 350 g/mol. The predicted octanol–water partition coefficient (Wildman–Crippen LogP) is 3.29. The highest BCUT2D eigenvalue weighted by molar-refractivity contribution is 5.97. The average Bonchev–Trinajstić information content (AvgIpc) is 2.97. The van der Waals surface area contributed by atoms with Crippen LogP contribution in [0.5, 0.6) is 11.5 Å². The first kappa shape index (κ1) is 18.9. The van der Waals surface area contributed by atoms with Gasteiger partial charge in [0.1, 0.15) is 11.6 Å². The molecule has 0 radical (unpaired) electrons. The molecule has 7 nitrogen and oxygen atoms in total. The topological polar surface area (TPSA) is 85.9 Å². The van der Waals surface area contributed by atoms with Crippen LogP contribution in [-0.4, -0.2) is 30.4 Å². The molecule has 2 N–H and O–H groups in total. The Balaban J connectivity index is 2.06. The van der Waals surface area contributed by atoms with Gasteiger partial charge >= 0.3 is 6.09 Å². The normalized spacial score (nSPS) is 15.2. The van der Waals surface area contributed by atoms with Gasteiger partial charge in [-0.05, 0) is 38.8 Å². The van der Waals surface area contributed by atoms with Crippen LogP contribution in [0.3, 0.4) is 0 Å². The number of alkyl carbamates (subject to hydrolysis) is 1. The van der Waals surface area contributed by atoms with E-state index in [1.807, 2.05) is 13.8 Å². The van der Waals surface area contributed by atoms with Crippen molar-refractivity contribution in [3.63, 3.8) is 0 Å². The number of rotatable bonds is 5. The van der Waals surface area contributed by atoms with Crippen molar-refractivity contribution < 1.29 is 23.8 Å². The maximum absolute atomic E-state index is 12.7. The molecule has 1 unspecified atom stereocenters. The van der Waals surface area contributed by atoms with E-state index in [2.05, 4.69) is 10.6 Å². The summed E-state index contributed by atoms with van der Waals surface area (Å²) < 4.78 is 15.8. The number of carbonyl (C=O) groups excluding carboxylic acids is 2. The number of anilines is 1. The van der Waals surface area contributed by atoms with Crippen molar-refractivity contribution in [2.24, 2.45) is 5.92 Å². The molecule has 0 aliphatic carbocycles. The van der Waals surface area contributed by atoms with Crippen LogP contribution in [0.15, 0.2) is 18.2 Å². The molecule has 0 bridgehead atoms. The Morgan fingerprint density at radius 2 is 1.92 bits per heavy atom. The van der Waals surface area contributed by atoms with Crippen molar-refractivity contribution in [3.8, 4) is 11.5 Å². The SMILES string of the molecule is CCC(C)[C@H](NC(=O)OC(C)(C)C)C(=O)Nc1ccc2c(c1)OCO2. The standard InChI is InChI=1S/C18H26N2O5/c1-6-11(2)15(20-17(22)25-18(3,4)5)16(21)19-12-7-8-13-14(9-12)24-10-23-13/h7-9,11,15H,6,10H2,1-5H3,(H,19,21)(H,20,22)/t11?,15-/m0/s1. The van der Waals surface area contributed by atoms with E-state index in [0.717, 1.165) is 6.42 Å². The van der Waals surface area contributed by atoms with E-state index in [-0.39, 0.29) is 18.6 Å². The van der Waals surface area contributed by atoms with Crippen LogP contribution in [0.4, 0.5) is 10.5 Å². The number of fused-ring (bicyclic) bond motifs is 1. The van der Waals surface area contributed by atoms with Gasteiger partial charge in [0.15, 0.2) is 11.5 Å². The van der Waals surface area contributed by atoms with Crippen LogP contribution in [-0.2, 0) is 9.53 Å². The van der Waals surface area contributed by atoms with Crippen LogP contribution >= 0.6 is 0 Å². The molecule has 2 rings (SSSR count). The first-order valence-electron chi connectivity index (χ1n) is 8.39. The van der Waals surface area contributed by atoms with Crippen molar-refractivity contribution in [2.45, 2.75) is 52.7 Å². The largest absolute Gasteiger partial charge is 0.454 e. The highest BCUT2D eigenvalue weighted by Crippen LogP contribution is 2.34. The molecule has 7 heteroatoms. The maximum Gasteiger partial charge on any atom is 0.408 e. The Morgan fingerprint density at radius 1 is 1.24 bits per heavy atom. The second-order valence-electron chi connectivity index (χ2n) is 7.07. The highest BCUT2D eigenvalue weighted by atomic mass is 16.7.